The molecule has 206 valence electrons. The van der Waals surface area contributed by atoms with Crippen LogP contribution in [0.1, 0.15) is 77.1 Å². The Hall–Kier alpha value is -3.21. The van der Waals surface area contributed by atoms with Crippen molar-refractivity contribution in [2.45, 2.75) is 90.4 Å². The lowest BCUT2D eigenvalue weighted by Crippen LogP contribution is -2.36. The average Bonchev–Trinajstić information content (AvgIpc) is 3.54. The van der Waals surface area contributed by atoms with E-state index in [0.717, 1.165) is 74.2 Å². The number of thiazole rings is 1. The molecule has 1 saturated heterocycles. The van der Waals surface area contributed by atoms with Crippen LogP contribution in [0.25, 0.3) is 10.4 Å². The summed E-state index contributed by atoms with van der Waals surface area (Å²) >= 11 is 1.37. The molecule has 1 aliphatic carbocycles. The molecule has 4 rings (SSSR count). The standard InChI is InChI=1S/C27H36N4O6S/c1-17-22(38-24(29-17)30-25(33)31-14-8-9-15-31)19-12-13-28-21(16-19)27(3,4)23(32)35-18(2)36-26(34)37-20-10-6-5-7-11-20/h12-13,16,18,20H,5-11,14-15H2,1-4H3,(H,29,30,33). The van der Waals surface area contributed by atoms with Gasteiger partial charge in [0.2, 0.25) is 6.29 Å². The van der Waals surface area contributed by atoms with E-state index in [4.69, 9.17) is 14.2 Å². The molecule has 0 bridgehead atoms. The second kappa shape index (κ2) is 12.1. The molecule has 0 radical (unpaired) electrons. The zero-order chi connectivity index (χ0) is 27.3. The number of aromatic nitrogens is 2. The lowest BCUT2D eigenvalue weighted by atomic mass is 9.88. The Morgan fingerprint density at radius 1 is 1.11 bits per heavy atom. The van der Waals surface area contributed by atoms with Crippen molar-refractivity contribution in [1.29, 1.82) is 0 Å². The molecule has 38 heavy (non-hydrogen) atoms. The predicted octanol–water partition coefficient (Wildman–Crippen LogP) is 5.79. The number of hydrogen-bond donors (Lipinski definition) is 1. The summed E-state index contributed by atoms with van der Waals surface area (Å²) in [6, 6.07) is 3.52. The van der Waals surface area contributed by atoms with E-state index < -0.39 is 23.8 Å². The van der Waals surface area contributed by atoms with Gasteiger partial charge in [-0.25, -0.2) is 14.6 Å². The number of ether oxygens (including phenoxy) is 3. The molecule has 11 heteroatoms. The molecule has 0 aromatic carbocycles. The molecule has 1 aliphatic heterocycles. The Labute approximate surface area is 227 Å². The number of hydrogen-bond acceptors (Lipinski definition) is 9. The quantitative estimate of drug-likeness (QED) is 0.343. The van der Waals surface area contributed by atoms with Crippen LogP contribution in [-0.4, -0.2) is 58.5 Å². The molecule has 1 N–H and O–H groups in total. The Morgan fingerprint density at radius 3 is 2.53 bits per heavy atom. The summed E-state index contributed by atoms with van der Waals surface area (Å²) in [5, 5.41) is 3.42. The summed E-state index contributed by atoms with van der Waals surface area (Å²) in [7, 11) is 0. The molecule has 2 fully saturated rings. The van der Waals surface area contributed by atoms with Crippen LogP contribution in [0.3, 0.4) is 0 Å². The maximum atomic E-state index is 13.1. The number of nitrogens with one attached hydrogen (secondary N) is 1. The van der Waals surface area contributed by atoms with Crippen molar-refractivity contribution in [3.05, 3.63) is 29.7 Å². The number of pyridine rings is 1. The number of carbonyl (C=O) groups is 3. The molecule has 2 amide bonds. The Kier molecular flexibility index (Phi) is 8.86. The minimum absolute atomic E-state index is 0.138. The van der Waals surface area contributed by atoms with E-state index in [-0.39, 0.29) is 12.1 Å². The number of urea groups is 1. The van der Waals surface area contributed by atoms with Crippen molar-refractivity contribution in [3.8, 4) is 10.4 Å². The fraction of sp³-hybridized carbons (Fsp3) is 0.593. The van der Waals surface area contributed by atoms with E-state index >= 15 is 0 Å². The van der Waals surface area contributed by atoms with Gasteiger partial charge in [0, 0.05) is 26.2 Å². The lowest BCUT2D eigenvalue weighted by molar-refractivity contribution is -0.174. The molecular weight excluding hydrogens is 508 g/mol. The number of anilines is 1. The zero-order valence-corrected chi connectivity index (χ0v) is 23.3. The average molecular weight is 545 g/mol. The van der Waals surface area contributed by atoms with E-state index in [1.165, 1.54) is 18.3 Å². The van der Waals surface area contributed by atoms with Gasteiger partial charge in [-0.15, -0.1) is 0 Å². The first-order valence-corrected chi connectivity index (χ1v) is 14.0. The fourth-order valence-corrected chi connectivity index (χ4v) is 5.58. The van der Waals surface area contributed by atoms with Gasteiger partial charge in [0.05, 0.1) is 16.3 Å². The first kappa shape index (κ1) is 27.8. The largest absolute Gasteiger partial charge is 0.511 e. The van der Waals surface area contributed by atoms with Crippen LogP contribution < -0.4 is 5.32 Å². The van der Waals surface area contributed by atoms with Gasteiger partial charge in [0.15, 0.2) is 5.13 Å². The molecule has 10 nitrogen and oxygen atoms in total. The van der Waals surface area contributed by atoms with Gasteiger partial charge >= 0.3 is 18.2 Å². The molecule has 2 aliphatic rings. The van der Waals surface area contributed by atoms with Crippen LogP contribution in [0, 0.1) is 6.92 Å². The highest BCUT2D eigenvalue weighted by Crippen LogP contribution is 2.35. The fourth-order valence-electron chi connectivity index (χ4n) is 4.63. The number of aryl methyl sites for hydroxylation is 1. The first-order chi connectivity index (χ1) is 18.1. The third-order valence-electron chi connectivity index (χ3n) is 6.93. The Bertz CT molecular complexity index is 1150. The number of esters is 1. The number of likely N-dealkylation sites (tertiary alicyclic amines) is 1. The molecular formula is C27H36N4O6S. The van der Waals surface area contributed by atoms with E-state index in [0.29, 0.717) is 10.8 Å². The van der Waals surface area contributed by atoms with Gasteiger partial charge in [0.25, 0.3) is 0 Å². The minimum atomic E-state index is -1.12. The predicted molar refractivity (Wildman–Crippen MR) is 143 cm³/mol. The van der Waals surface area contributed by atoms with Crippen LogP contribution in [-0.2, 0) is 24.4 Å². The zero-order valence-electron chi connectivity index (χ0n) is 22.5. The van der Waals surface area contributed by atoms with E-state index in [9.17, 15) is 14.4 Å². The number of nitrogens with zero attached hydrogens (tertiary/aromatic N) is 3. The Balaban J connectivity index is 1.39. The van der Waals surface area contributed by atoms with Crippen molar-refractivity contribution in [2.24, 2.45) is 0 Å². The summed E-state index contributed by atoms with van der Waals surface area (Å²) in [5.41, 5.74) is 0.967. The smallest absolute Gasteiger partial charge is 0.431 e. The van der Waals surface area contributed by atoms with Crippen molar-refractivity contribution >= 4 is 34.6 Å². The highest BCUT2D eigenvalue weighted by molar-refractivity contribution is 7.19. The van der Waals surface area contributed by atoms with Crippen LogP contribution >= 0.6 is 11.3 Å². The minimum Gasteiger partial charge on any atom is -0.431 e. The van der Waals surface area contributed by atoms with E-state index in [1.54, 1.807) is 24.9 Å². The van der Waals surface area contributed by atoms with E-state index in [2.05, 4.69) is 15.3 Å². The first-order valence-electron chi connectivity index (χ1n) is 13.2. The van der Waals surface area contributed by atoms with Crippen LogP contribution in [0.15, 0.2) is 18.3 Å². The molecule has 1 saturated carbocycles. The molecule has 2 aromatic heterocycles. The van der Waals surface area contributed by atoms with Crippen molar-refractivity contribution in [3.63, 3.8) is 0 Å². The monoisotopic (exact) mass is 544 g/mol. The molecule has 0 spiro atoms. The maximum Gasteiger partial charge on any atom is 0.511 e. The highest BCUT2D eigenvalue weighted by atomic mass is 32.1. The normalized spacial score (nSPS) is 17.1. The molecule has 1 unspecified atom stereocenters. The van der Waals surface area contributed by atoms with Gasteiger partial charge in [-0.1, -0.05) is 17.8 Å². The summed E-state index contributed by atoms with van der Waals surface area (Å²) < 4.78 is 15.9. The number of amides is 2. The molecule has 1 atom stereocenters. The summed E-state index contributed by atoms with van der Waals surface area (Å²) in [4.78, 5) is 49.2. The lowest BCUT2D eigenvalue weighted by Gasteiger charge is -2.25. The third kappa shape index (κ3) is 6.80. The second-order valence-electron chi connectivity index (χ2n) is 10.3. The topological polar surface area (TPSA) is 120 Å². The van der Waals surface area contributed by atoms with Crippen LogP contribution in [0.5, 0.6) is 0 Å². The van der Waals surface area contributed by atoms with Gasteiger partial charge < -0.3 is 19.1 Å². The molecule has 3 heterocycles. The van der Waals surface area contributed by atoms with Crippen molar-refractivity contribution < 1.29 is 28.6 Å². The van der Waals surface area contributed by atoms with Gasteiger partial charge in [-0.2, -0.15) is 0 Å². The third-order valence-corrected chi connectivity index (χ3v) is 8.05. The number of carbonyl (C=O) groups excluding carboxylic acids is 3. The van der Waals surface area contributed by atoms with Crippen molar-refractivity contribution in [2.75, 3.05) is 18.4 Å². The van der Waals surface area contributed by atoms with Gasteiger partial charge in [-0.05, 0) is 77.0 Å². The highest BCUT2D eigenvalue weighted by Gasteiger charge is 2.35. The summed E-state index contributed by atoms with van der Waals surface area (Å²) in [6.45, 7) is 8.28. The van der Waals surface area contributed by atoms with Gasteiger partial charge in [0.1, 0.15) is 11.5 Å². The van der Waals surface area contributed by atoms with Crippen molar-refractivity contribution in [1.82, 2.24) is 14.9 Å². The summed E-state index contributed by atoms with van der Waals surface area (Å²) in [5.74, 6) is -0.584. The van der Waals surface area contributed by atoms with Crippen LogP contribution in [0.2, 0.25) is 0 Å². The van der Waals surface area contributed by atoms with E-state index in [1.807, 2.05) is 19.1 Å². The molecule has 2 aromatic rings. The number of rotatable bonds is 7. The van der Waals surface area contributed by atoms with Gasteiger partial charge in [-0.3, -0.25) is 15.1 Å². The second-order valence-corrected chi connectivity index (χ2v) is 11.3. The SMILES string of the molecule is Cc1nc(NC(=O)N2CCCC2)sc1-c1ccnc(C(C)(C)C(=O)OC(C)OC(=O)OC2CCCCC2)c1. The maximum absolute atomic E-state index is 13.1. The Morgan fingerprint density at radius 2 is 1.82 bits per heavy atom. The summed E-state index contributed by atoms with van der Waals surface area (Å²) in [6.07, 6.45) is 6.42. The van der Waals surface area contributed by atoms with Crippen LogP contribution in [0.4, 0.5) is 14.7 Å².